The fourth-order valence-electron chi connectivity index (χ4n) is 8.46. The van der Waals surface area contributed by atoms with Crippen molar-refractivity contribution < 1.29 is 43.6 Å². The maximum Gasteiger partial charge on any atom is 0.306 e. The van der Waals surface area contributed by atoms with Gasteiger partial charge in [0.15, 0.2) is 23.8 Å². The molecule has 8 atom stereocenters. The Morgan fingerprint density at radius 1 is 1.16 bits per heavy atom. The summed E-state index contributed by atoms with van der Waals surface area (Å²) in [6, 6.07) is 0. The summed E-state index contributed by atoms with van der Waals surface area (Å²) in [4.78, 5) is 48.8. The maximum atomic E-state index is 13.9. The van der Waals surface area contributed by atoms with Crippen molar-refractivity contribution in [1.29, 1.82) is 0 Å². The highest BCUT2D eigenvalue weighted by molar-refractivity contribution is 6.01. The number of Topliss-reactive ketones (excluding diaryl/α,β-unsaturated/α-hetero) is 1. The fraction of sp³-hybridized carbons (Fsp3) is 0.714. The molecule has 0 aromatic carbocycles. The lowest BCUT2D eigenvalue weighted by molar-refractivity contribution is -0.225. The number of carboxylic acid groups (broad SMARTS) is 1. The van der Waals surface area contributed by atoms with Crippen LogP contribution in [-0.4, -0.2) is 63.9 Å². The first kappa shape index (κ1) is 26.3. The predicted octanol–water partition coefficient (Wildman–Crippen LogP) is 2.74. The van der Waals surface area contributed by atoms with Crippen LogP contribution < -0.4 is 0 Å². The van der Waals surface area contributed by atoms with Crippen LogP contribution in [0.2, 0.25) is 0 Å². The van der Waals surface area contributed by atoms with E-state index in [1.165, 1.54) is 0 Å². The topological polar surface area (TPSA) is 136 Å². The van der Waals surface area contributed by atoms with E-state index in [4.69, 9.17) is 19.3 Å². The number of carbonyl (C=O) groups excluding carboxylic acids is 3. The van der Waals surface area contributed by atoms with Crippen LogP contribution in [-0.2, 0) is 33.4 Å². The Kier molecular flexibility index (Phi) is 6.09. The third kappa shape index (κ3) is 3.84. The molecule has 0 aromatic heterocycles. The van der Waals surface area contributed by atoms with Crippen LogP contribution >= 0.6 is 0 Å². The summed E-state index contributed by atoms with van der Waals surface area (Å²) >= 11 is 0. The van der Waals surface area contributed by atoms with Crippen molar-refractivity contribution in [2.24, 2.45) is 28.6 Å². The minimum absolute atomic E-state index is 0.0121. The van der Waals surface area contributed by atoms with Gasteiger partial charge in [0.1, 0.15) is 0 Å². The summed E-state index contributed by atoms with van der Waals surface area (Å²) in [5.74, 6) is -3.38. The van der Waals surface area contributed by atoms with Gasteiger partial charge in [0, 0.05) is 16.7 Å². The lowest BCUT2D eigenvalue weighted by atomic mass is 9.46. The van der Waals surface area contributed by atoms with Crippen molar-refractivity contribution in [3.05, 3.63) is 23.8 Å². The smallest absolute Gasteiger partial charge is 0.306 e. The average molecular weight is 517 g/mol. The highest BCUT2D eigenvalue weighted by atomic mass is 16.8. The molecule has 1 saturated heterocycles. The summed E-state index contributed by atoms with van der Waals surface area (Å²) in [5.41, 5.74) is -1.57. The first-order valence-corrected chi connectivity index (χ1v) is 13.1. The zero-order valence-electron chi connectivity index (χ0n) is 21.8. The summed E-state index contributed by atoms with van der Waals surface area (Å²) in [7, 11) is 0. The molecule has 9 nitrogen and oxygen atoms in total. The average Bonchev–Trinajstić information content (AvgIpc) is 3.22. The Bertz CT molecular complexity index is 1100. The van der Waals surface area contributed by atoms with Crippen molar-refractivity contribution in [2.75, 3.05) is 6.61 Å². The van der Waals surface area contributed by atoms with E-state index < -0.39 is 58.8 Å². The third-order valence-corrected chi connectivity index (χ3v) is 9.81. The minimum Gasteiger partial charge on any atom is -0.481 e. The third-order valence-electron chi connectivity index (χ3n) is 9.81. The quantitative estimate of drug-likeness (QED) is 0.511. The molecule has 5 rings (SSSR count). The second-order valence-corrected chi connectivity index (χ2v) is 12.3. The lowest BCUT2D eigenvalue weighted by Gasteiger charge is -2.59. The molecule has 1 heterocycles. The van der Waals surface area contributed by atoms with E-state index in [2.05, 4.69) is 6.92 Å². The number of rotatable bonds is 6. The van der Waals surface area contributed by atoms with Crippen LogP contribution in [0.15, 0.2) is 23.8 Å². The number of hydrogen-bond donors (Lipinski definition) is 2. The van der Waals surface area contributed by atoms with E-state index in [0.29, 0.717) is 12.8 Å². The van der Waals surface area contributed by atoms with Gasteiger partial charge in [-0.3, -0.25) is 19.2 Å². The number of ketones is 2. The predicted molar refractivity (Wildman–Crippen MR) is 129 cm³/mol. The van der Waals surface area contributed by atoms with Gasteiger partial charge in [-0.1, -0.05) is 25.5 Å². The standard InChI is InChI=1S/C28H36O9/c1-25(2)36-21-12-18-17-6-5-15-11-16(29)9-10-26(15,3)24(17)19(30)13-27(18,4)28(21,37-25)20(31)14-35-23(34)8-7-22(32)33/h9-11,17-19,21,24,30H,5-8,12-14H2,1-4H3,(H,32,33)/t17-,18-,19-,21-,24+,26-,27-,28+/m0/s1. The second-order valence-electron chi connectivity index (χ2n) is 12.3. The normalized spacial score (nSPS) is 43.2. The van der Waals surface area contributed by atoms with E-state index in [1.54, 1.807) is 26.0 Å². The van der Waals surface area contributed by atoms with Gasteiger partial charge in [0.2, 0.25) is 5.78 Å². The fourth-order valence-corrected chi connectivity index (χ4v) is 8.46. The number of carboxylic acids is 1. The molecular formula is C28H36O9. The van der Waals surface area contributed by atoms with Gasteiger partial charge < -0.3 is 24.4 Å². The van der Waals surface area contributed by atoms with Crippen LogP contribution in [0.25, 0.3) is 0 Å². The number of hydrogen-bond acceptors (Lipinski definition) is 8. The van der Waals surface area contributed by atoms with E-state index >= 15 is 0 Å². The zero-order chi connectivity index (χ0) is 27.0. The summed E-state index contributed by atoms with van der Waals surface area (Å²) in [6.07, 6.45) is 5.63. The van der Waals surface area contributed by atoms with Gasteiger partial charge >= 0.3 is 11.9 Å². The van der Waals surface area contributed by atoms with Crippen molar-refractivity contribution >= 4 is 23.5 Å². The van der Waals surface area contributed by atoms with Crippen LogP contribution in [0.4, 0.5) is 0 Å². The van der Waals surface area contributed by atoms with Crippen molar-refractivity contribution in [1.82, 2.24) is 0 Å². The number of aliphatic hydroxyl groups excluding tert-OH is 1. The lowest BCUT2D eigenvalue weighted by Crippen LogP contribution is -2.64. The molecule has 0 unspecified atom stereocenters. The molecule has 37 heavy (non-hydrogen) atoms. The Morgan fingerprint density at radius 2 is 1.89 bits per heavy atom. The van der Waals surface area contributed by atoms with Gasteiger partial charge in [-0.2, -0.15) is 0 Å². The second kappa shape index (κ2) is 8.58. The number of fused-ring (bicyclic) bond motifs is 7. The largest absolute Gasteiger partial charge is 0.481 e. The molecule has 9 heteroatoms. The zero-order valence-corrected chi connectivity index (χ0v) is 21.8. The molecule has 2 N–H and O–H groups in total. The monoisotopic (exact) mass is 516 g/mol. The number of allylic oxidation sites excluding steroid dienone is 4. The van der Waals surface area contributed by atoms with Gasteiger partial charge in [-0.15, -0.1) is 0 Å². The van der Waals surface area contributed by atoms with Gasteiger partial charge in [0.25, 0.3) is 0 Å². The molecule has 3 saturated carbocycles. The molecule has 0 amide bonds. The maximum absolute atomic E-state index is 13.9. The number of aliphatic carboxylic acids is 1. The van der Waals surface area contributed by atoms with E-state index in [1.807, 2.05) is 13.0 Å². The Hall–Kier alpha value is -2.36. The van der Waals surface area contributed by atoms with Crippen molar-refractivity contribution in [2.45, 2.75) is 89.8 Å². The summed E-state index contributed by atoms with van der Waals surface area (Å²) < 4.78 is 17.9. The molecule has 0 aromatic rings. The van der Waals surface area contributed by atoms with Crippen molar-refractivity contribution in [3.63, 3.8) is 0 Å². The van der Waals surface area contributed by atoms with Crippen LogP contribution in [0.5, 0.6) is 0 Å². The first-order valence-electron chi connectivity index (χ1n) is 13.1. The van der Waals surface area contributed by atoms with E-state index in [0.717, 1.165) is 18.4 Å². The molecule has 0 radical (unpaired) electrons. The molecule has 4 aliphatic carbocycles. The number of carbonyl (C=O) groups is 4. The van der Waals surface area contributed by atoms with Crippen molar-refractivity contribution in [3.8, 4) is 0 Å². The molecule has 4 fully saturated rings. The van der Waals surface area contributed by atoms with Gasteiger partial charge in [0.05, 0.1) is 25.0 Å². The Morgan fingerprint density at radius 3 is 2.59 bits per heavy atom. The Balaban J connectivity index is 1.46. The number of aliphatic hydroxyl groups is 1. The van der Waals surface area contributed by atoms with Gasteiger partial charge in [-0.25, -0.2) is 0 Å². The van der Waals surface area contributed by atoms with Crippen LogP contribution in [0.3, 0.4) is 0 Å². The summed E-state index contributed by atoms with van der Waals surface area (Å²) in [5, 5.41) is 20.5. The van der Waals surface area contributed by atoms with Gasteiger partial charge in [-0.05, 0) is 63.5 Å². The highest BCUT2D eigenvalue weighted by Crippen LogP contribution is 2.70. The molecule has 0 bridgehead atoms. The summed E-state index contributed by atoms with van der Waals surface area (Å²) in [6.45, 7) is 7.04. The first-order chi connectivity index (χ1) is 17.2. The molecule has 0 spiro atoms. The minimum atomic E-state index is -1.41. The Labute approximate surface area is 216 Å². The van der Waals surface area contributed by atoms with Crippen LogP contribution in [0, 0.1) is 28.6 Å². The molecule has 202 valence electrons. The van der Waals surface area contributed by atoms with E-state index in [-0.39, 0.29) is 36.4 Å². The molecule has 5 aliphatic rings. The molecule has 1 aliphatic heterocycles. The van der Waals surface area contributed by atoms with E-state index in [9.17, 15) is 24.3 Å². The number of ether oxygens (including phenoxy) is 3. The number of esters is 1. The SMILES string of the molecule is CC1(C)O[C@H]2C[C@H]3[C@@H]4CCC5=CC(=O)C=C[C@]5(C)[C@H]4[C@@H](O)C[C@]3(C)[C@]2(C(=O)COC(=O)CCC(=O)O)O1. The highest BCUT2D eigenvalue weighted by Gasteiger charge is 2.76. The molecular weight excluding hydrogens is 480 g/mol. The van der Waals surface area contributed by atoms with Crippen LogP contribution in [0.1, 0.15) is 66.2 Å².